The summed E-state index contributed by atoms with van der Waals surface area (Å²) in [5.41, 5.74) is 3.03. The molecule has 27 heavy (non-hydrogen) atoms. The second-order valence-electron chi connectivity index (χ2n) is 7.17. The Morgan fingerprint density at radius 3 is 2.67 bits per heavy atom. The number of para-hydroxylation sites is 1. The van der Waals surface area contributed by atoms with Crippen LogP contribution in [0, 0.1) is 5.92 Å². The first-order valence-corrected chi connectivity index (χ1v) is 9.42. The molecule has 0 radical (unpaired) electrons. The van der Waals surface area contributed by atoms with Crippen LogP contribution in [0.15, 0.2) is 48.5 Å². The minimum atomic E-state index is -0.155. The predicted octanol–water partition coefficient (Wildman–Crippen LogP) is 3.68. The quantitative estimate of drug-likeness (QED) is 0.785. The fourth-order valence-electron chi connectivity index (χ4n) is 3.20. The first-order chi connectivity index (χ1) is 13.0. The molecule has 0 spiro atoms. The van der Waals surface area contributed by atoms with Gasteiger partial charge in [0.2, 0.25) is 11.8 Å². The molecule has 0 bridgehead atoms. The van der Waals surface area contributed by atoms with Crippen LogP contribution in [0.25, 0.3) is 0 Å². The molecule has 2 aromatic carbocycles. The maximum Gasteiger partial charge on any atom is 0.227 e. The van der Waals surface area contributed by atoms with Gasteiger partial charge in [0.05, 0.1) is 6.10 Å². The molecule has 2 amide bonds. The molecule has 1 heterocycles. The fourth-order valence-corrected chi connectivity index (χ4v) is 3.20. The van der Waals surface area contributed by atoms with E-state index in [4.69, 9.17) is 4.74 Å². The lowest BCUT2D eigenvalue weighted by molar-refractivity contribution is -0.122. The Labute approximate surface area is 160 Å². The lowest BCUT2D eigenvalue weighted by atomic mass is 9.89. The first kappa shape index (κ1) is 19.0. The monoisotopic (exact) mass is 366 g/mol. The van der Waals surface area contributed by atoms with Gasteiger partial charge in [0.25, 0.3) is 0 Å². The zero-order valence-electron chi connectivity index (χ0n) is 15.8. The Kier molecular flexibility index (Phi) is 6.12. The molecule has 0 saturated heterocycles. The van der Waals surface area contributed by atoms with E-state index >= 15 is 0 Å². The van der Waals surface area contributed by atoms with Crippen LogP contribution in [-0.4, -0.2) is 17.9 Å². The molecule has 142 valence electrons. The molecule has 3 rings (SSSR count). The first-order valence-electron chi connectivity index (χ1n) is 9.42. The molecule has 0 aromatic heterocycles. The zero-order chi connectivity index (χ0) is 19.2. The fraction of sp³-hybridized carbons (Fsp3) is 0.364. The number of carbonyl (C=O) groups excluding carboxylic acids is 2. The molecule has 0 fully saturated rings. The van der Waals surface area contributed by atoms with E-state index in [1.807, 2.05) is 62.4 Å². The minimum absolute atomic E-state index is 0.00208. The highest BCUT2D eigenvalue weighted by atomic mass is 16.5. The molecule has 5 heteroatoms. The molecule has 1 aliphatic heterocycles. The third kappa shape index (κ3) is 5.33. The molecular weight excluding hydrogens is 340 g/mol. The number of hydrogen-bond donors (Lipinski definition) is 2. The van der Waals surface area contributed by atoms with E-state index in [-0.39, 0.29) is 23.8 Å². The Hall–Kier alpha value is -2.82. The van der Waals surface area contributed by atoms with Crippen molar-refractivity contribution in [3.63, 3.8) is 0 Å². The Morgan fingerprint density at radius 2 is 1.93 bits per heavy atom. The molecule has 5 nitrogen and oxygen atoms in total. The van der Waals surface area contributed by atoms with Gasteiger partial charge in [-0.25, -0.2) is 0 Å². The number of amides is 2. The molecule has 1 atom stereocenters. The van der Waals surface area contributed by atoms with Crippen LogP contribution in [-0.2, 0) is 22.6 Å². The average Bonchev–Trinajstić information content (AvgIpc) is 2.65. The van der Waals surface area contributed by atoms with Gasteiger partial charge in [0.15, 0.2) is 0 Å². The number of nitrogens with one attached hydrogen (secondary N) is 2. The van der Waals surface area contributed by atoms with Crippen molar-refractivity contribution in [1.29, 1.82) is 0 Å². The molecule has 1 aliphatic rings. The molecule has 0 saturated carbocycles. The van der Waals surface area contributed by atoms with E-state index < -0.39 is 0 Å². The van der Waals surface area contributed by atoms with Crippen molar-refractivity contribution in [2.75, 3.05) is 5.32 Å². The van der Waals surface area contributed by atoms with Gasteiger partial charge >= 0.3 is 0 Å². The van der Waals surface area contributed by atoms with Crippen LogP contribution >= 0.6 is 0 Å². The number of fused-ring (bicyclic) bond motifs is 1. The molecule has 2 aromatic rings. The van der Waals surface area contributed by atoms with E-state index in [2.05, 4.69) is 10.6 Å². The van der Waals surface area contributed by atoms with Crippen molar-refractivity contribution in [1.82, 2.24) is 5.32 Å². The van der Waals surface area contributed by atoms with E-state index in [1.54, 1.807) is 0 Å². The molecule has 0 aliphatic carbocycles. The summed E-state index contributed by atoms with van der Waals surface area (Å²) in [4.78, 5) is 24.4. The van der Waals surface area contributed by atoms with Crippen molar-refractivity contribution < 1.29 is 14.3 Å². The van der Waals surface area contributed by atoms with Crippen molar-refractivity contribution in [2.45, 2.75) is 45.8 Å². The summed E-state index contributed by atoms with van der Waals surface area (Å²) in [6, 6.07) is 15.5. The summed E-state index contributed by atoms with van der Waals surface area (Å²) in [6.07, 6.45) is 1.72. The average molecular weight is 366 g/mol. The predicted molar refractivity (Wildman–Crippen MR) is 106 cm³/mol. The number of anilines is 1. The largest absolute Gasteiger partial charge is 0.491 e. The van der Waals surface area contributed by atoms with Gasteiger partial charge < -0.3 is 15.4 Å². The Morgan fingerprint density at radius 1 is 1.19 bits per heavy atom. The summed E-state index contributed by atoms with van der Waals surface area (Å²) >= 11 is 0. The zero-order valence-corrected chi connectivity index (χ0v) is 15.8. The summed E-state index contributed by atoms with van der Waals surface area (Å²) in [5.74, 6) is 0.633. The van der Waals surface area contributed by atoms with Gasteiger partial charge in [-0.3, -0.25) is 9.59 Å². The lowest BCUT2D eigenvalue weighted by Crippen LogP contribution is -2.31. The van der Waals surface area contributed by atoms with Gasteiger partial charge in [-0.15, -0.1) is 0 Å². The minimum Gasteiger partial charge on any atom is -0.491 e. The number of ether oxygens (including phenoxy) is 1. The highest BCUT2D eigenvalue weighted by Gasteiger charge is 2.26. The number of carbonyl (C=O) groups is 2. The van der Waals surface area contributed by atoms with Gasteiger partial charge in [-0.1, -0.05) is 30.3 Å². The maximum absolute atomic E-state index is 12.2. The third-order valence-electron chi connectivity index (χ3n) is 4.62. The van der Waals surface area contributed by atoms with Gasteiger partial charge in [0.1, 0.15) is 5.75 Å². The van der Waals surface area contributed by atoms with Crippen LogP contribution in [0.2, 0.25) is 0 Å². The Balaban J connectivity index is 1.44. The summed E-state index contributed by atoms with van der Waals surface area (Å²) in [6.45, 7) is 4.44. The van der Waals surface area contributed by atoms with Crippen LogP contribution in [0.1, 0.15) is 37.8 Å². The van der Waals surface area contributed by atoms with Crippen LogP contribution in [0.3, 0.4) is 0 Å². The van der Waals surface area contributed by atoms with Crippen molar-refractivity contribution in [2.24, 2.45) is 5.92 Å². The topological polar surface area (TPSA) is 67.4 Å². The summed E-state index contributed by atoms with van der Waals surface area (Å²) in [5, 5.41) is 5.85. The number of rotatable bonds is 7. The lowest BCUT2D eigenvalue weighted by Gasteiger charge is -2.24. The number of hydrogen-bond acceptors (Lipinski definition) is 3. The van der Waals surface area contributed by atoms with Gasteiger partial charge in [-0.2, -0.15) is 0 Å². The van der Waals surface area contributed by atoms with E-state index in [9.17, 15) is 9.59 Å². The summed E-state index contributed by atoms with van der Waals surface area (Å²) in [7, 11) is 0. The second kappa shape index (κ2) is 8.71. The van der Waals surface area contributed by atoms with Gasteiger partial charge in [-0.05, 0) is 56.0 Å². The maximum atomic E-state index is 12.2. The second-order valence-corrected chi connectivity index (χ2v) is 7.17. The SMILES string of the molecule is CC(C)Oc1ccc(CNC(=O)CCC2Cc3ccccc3NC2=O)cc1. The van der Waals surface area contributed by atoms with E-state index in [1.165, 1.54) is 0 Å². The highest BCUT2D eigenvalue weighted by Crippen LogP contribution is 2.27. The van der Waals surface area contributed by atoms with Crippen LogP contribution in [0.4, 0.5) is 5.69 Å². The van der Waals surface area contributed by atoms with Crippen molar-refractivity contribution in [3.8, 4) is 5.75 Å². The third-order valence-corrected chi connectivity index (χ3v) is 4.62. The van der Waals surface area contributed by atoms with Crippen LogP contribution < -0.4 is 15.4 Å². The van der Waals surface area contributed by atoms with Gasteiger partial charge in [0, 0.05) is 24.6 Å². The highest BCUT2D eigenvalue weighted by molar-refractivity contribution is 5.96. The molecular formula is C22H26N2O3. The number of benzene rings is 2. The van der Waals surface area contributed by atoms with E-state index in [0.29, 0.717) is 25.8 Å². The van der Waals surface area contributed by atoms with Crippen LogP contribution in [0.5, 0.6) is 5.75 Å². The smallest absolute Gasteiger partial charge is 0.227 e. The van der Waals surface area contributed by atoms with Crippen molar-refractivity contribution >= 4 is 17.5 Å². The Bertz CT molecular complexity index is 799. The standard InChI is InChI=1S/C22H26N2O3/c1-15(2)27-19-10-7-16(8-11-19)14-23-21(25)12-9-18-13-17-5-3-4-6-20(17)24-22(18)26/h3-8,10-11,15,18H,9,12-14H2,1-2H3,(H,23,25)(H,24,26). The van der Waals surface area contributed by atoms with E-state index in [0.717, 1.165) is 22.6 Å². The molecule has 2 N–H and O–H groups in total. The van der Waals surface area contributed by atoms with Crippen molar-refractivity contribution in [3.05, 3.63) is 59.7 Å². The normalized spacial score (nSPS) is 15.8. The molecule has 1 unspecified atom stereocenters. The summed E-state index contributed by atoms with van der Waals surface area (Å²) < 4.78 is 5.61.